The van der Waals surface area contributed by atoms with Crippen LogP contribution in [0.15, 0.2) is 29.3 Å². The van der Waals surface area contributed by atoms with Gasteiger partial charge in [-0.25, -0.2) is 0 Å². The predicted octanol–water partition coefficient (Wildman–Crippen LogP) is 3.52. The lowest BCUT2D eigenvalue weighted by Crippen LogP contribution is -2.40. The van der Waals surface area contributed by atoms with Crippen LogP contribution in [-0.2, 0) is 0 Å². The van der Waals surface area contributed by atoms with Crippen molar-refractivity contribution in [2.75, 3.05) is 13.6 Å². The van der Waals surface area contributed by atoms with Crippen LogP contribution in [-0.4, -0.2) is 25.7 Å². The van der Waals surface area contributed by atoms with Gasteiger partial charge in [-0.1, -0.05) is 23.7 Å². The van der Waals surface area contributed by atoms with Gasteiger partial charge in [0, 0.05) is 18.6 Å². The first-order valence-electron chi connectivity index (χ1n) is 6.11. The molecular formula is C13H17ClF3N3. The van der Waals surface area contributed by atoms with E-state index in [9.17, 15) is 13.2 Å². The fraction of sp³-hybridized carbons (Fsp3) is 0.462. The molecule has 0 radical (unpaired) electrons. The Morgan fingerprint density at radius 2 is 2.10 bits per heavy atom. The highest BCUT2D eigenvalue weighted by atomic mass is 35.5. The number of guanidine groups is 1. The highest BCUT2D eigenvalue weighted by Crippen LogP contribution is 2.19. The lowest BCUT2D eigenvalue weighted by molar-refractivity contribution is -0.132. The van der Waals surface area contributed by atoms with E-state index in [-0.39, 0.29) is 12.6 Å². The van der Waals surface area contributed by atoms with Crippen LogP contribution in [0.25, 0.3) is 0 Å². The summed E-state index contributed by atoms with van der Waals surface area (Å²) in [4.78, 5) is 3.89. The van der Waals surface area contributed by atoms with E-state index < -0.39 is 12.6 Å². The third-order valence-electron chi connectivity index (χ3n) is 2.63. The second-order valence-electron chi connectivity index (χ2n) is 4.29. The molecular weight excluding hydrogens is 291 g/mol. The van der Waals surface area contributed by atoms with Gasteiger partial charge in [-0.2, -0.15) is 13.2 Å². The monoisotopic (exact) mass is 307 g/mol. The zero-order valence-corrected chi connectivity index (χ0v) is 12.0. The van der Waals surface area contributed by atoms with Gasteiger partial charge in [-0.3, -0.25) is 4.99 Å². The molecule has 1 aromatic rings. The van der Waals surface area contributed by atoms with E-state index in [0.717, 1.165) is 5.56 Å². The third-order valence-corrected chi connectivity index (χ3v) is 2.86. The van der Waals surface area contributed by atoms with Crippen LogP contribution in [0.5, 0.6) is 0 Å². The number of benzene rings is 1. The van der Waals surface area contributed by atoms with Crippen molar-refractivity contribution in [1.82, 2.24) is 10.6 Å². The van der Waals surface area contributed by atoms with Crippen LogP contribution < -0.4 is 10.6 Å². The SMILES string of the molecule is CN=C(NCCC(F)(F)F)NC(C)c1cccc(Cl)c1. The molecule has 1 aromatic carbocycles. The molecule has 112 valence electrons. The Labute approximate surface area is 121 Å². The summed E-state index contributed by atoms with van der Waals surface area (Å²) in [6, 6.07) is 7.13. The number of alkyl halides is 3. The molecule has 0 aliphatic heterocycles. The molecule has 0 saturated heterocycles. The topological polar surface area (TPSA) is 36.4 Å². The predicted molar refractivity (Wildman–Crippen MR) is 75.0 cm³/mol. The van der Waals surface area contributed by atoms with Crippen molar-refractivity contribution in [3.05, 3.63) is 34.9 Å². The summed E-state index contributed by atoms with van der Waals surface area (Å²) in [5, 5.41) is 6.24. The van der Waals surface area contributed by atoms with Gasteiger partial charge in [-0.15, -0.1) is 0 Å². The molecule has 0 aromatic heterocycles. The molecule has 7 heteroatoms. The highest BCUT2D eigenvalue weighted by Gasteiger charge is 2.26. The maximum atomic E-state index is 12.1. The van der Waals surface area contributed by atoms with Gasteiger partial charge in [0.05, 0.1) is 12.5 Å². The second kappa shape index (κ2) is 7.38. The van der Waals surface area contributed by atoms with Gasteiger partial charge >= 0.3 is 6.18 Å². The number of nitrogens with one attached hydrogen (secondary N) is 2. The lowest BCUT2D eigenvalue weighted by atomic mass is 10.1. The van der Waals surface area contributed by atoms with Gasteiger partial charge in [0.2, 0.25) is 0 Å². The van der Waals surface area contributed by atoms with Crippen molar-refractivity contribution in [3.8, 4) is 0 Å². The molecule has 1 rings (SSSR count). The maximum absolute atomic E-state index is 12.1. The normalized spacial score (nSPS) is 14.0. The smallest absolute Gasteiger partial charge is 0.356 e. The van der Waals surface area contributed by atoms with Crippen LogP contribution in [0.2, 0.25) is 5.02 Å². The molecule has 0 fully saturated rings. The summed E-state index contributed by atoms with van der Waals surface area (Å²) in [6.07, 6.45) is -5.08. The number of aliphatic imine (C=N–C) groups is 1. The van der Waals surface area contributed by atoms with Gasteiger partial charge < -0.3 is 10.6 Å². The Hall–Kier alpha value is -1.43. The fourth-order valence-electron chi connectivity index (χ4n) is 1.58. The van der Waals surface area contributed by atoms with E-state index in [1.807, 2.05) is 19.1 Å². The number of hydrogen-bond donors (Lipinski definition) is 2. The average molecular weight is 308 g/mol. The molecule has 0 aliphatic carbocycles. The van der Waals surface area contributed by atoms with Crippen molar-refractivity contribution in [3.63, 3.8) is 0 Å². The molecule has 1 atom stereocenters. The van der Waals surface area contributed by atoms with E-state index in [2.05, 4.69) is 15.6 Å². The minimum absolute atomic E-state index is 0.120. The molecule has 3 nitrogen and oxygen atoms in total. The van der Waals surface area contributed by atoms with Gasteiger partial charge in [0.25, 0.3) is 0 Å². The zero-order valence-electron chi connectivity index (χ0n) is 11.3. The summed E-state index contributed by atoms with van der Waals surface area (Å²) in [5.74, 6) is 0.321. The molecule has 0 bridgehead atoms. The zero-order chi connectivity index (χ0) is 15.2. The first kappa shape index (κ1) is 16.6. The second-order valence-corrected chi connectivity index (χ2v) is 4.72. The van der Waals surface area contributed by atoms with Gasteiger partial charge in [0.1, 0.15) is 0 Å². The summed E-state index contributed by atoms with van der Waals surface area (Å²) in [7, 11) is 1.51. The van der Waals surface area contributed by atoms with Crippen molar-refractivity contribution in [1.29, 1.82) is 0 Å². The van der Waals surface area contributed by atoms with Crippen LogP contribution in [0.3, 0.4) is 0 Å². The van der Waals surface area contributed by atoms with Crippen LogP contribution >= 0.6 is 11.6 Å². The number of hydrogen-bond acceptors (Lipinski definition) is 1. The van der Waals surface area contributed by atoms with E-state index in [0.29, 0.717) is 11.0 Å². The van der Waals surface area contributed by atoms with Gasteiger partial charge in [0.15, 0.2) is 5.96 Å². The molecule has 0 amide bonds. The lowest BCUT2D eigenvalue weighted by Gasteiger charge is -2.18. The largest absolute Gasteiger partial charge is 0.390 e. The summed E-state index contributed by atoms with van der Waals surface area (Å²) >= 11 is 5.89. The van der Waals surface area contributed by atoms with E-state index in [1.165, 1.54) is 7.05 Å². The Balaban J connectivity index is 2.52. The van der Waals surface area contributed by atoms with Crippen LogP contribution in [0.1, 0.15) is 24.9 Å². The fourth-order valence-corrected chi connectivity index (χ4v) is 1.78. The number of nitrogens with zero attached hydrogens (tertiary/aromatic N) is 1. The highest BCUT2D eigenvalue weighted by molar-refractivity contribution is 6.30. The van der Waals surface area contributed by atoms with Crippen molar-refractivity contribution in [2.24, 2.45) is 4.99 Å². The first-order chi connectivity index (χ1) is 9.31. The summed E-state index contributed by atoms with van der Waals surface area (Å²) in [6.45, 7) is 1.66. The minimum Gasteiger partial charge on any atom is -0.356 e. The number of rotatable bonds is 4. The van der Waals surface area contributed by atoms with E-state index in [1.54, 1.807) is 12.1 Å². The molecule has 1 unspecified atom stereocenters. The summed E-state index contributed by atoms with van der Waals surface area (Å²) in [5.41, 5.74) is 0.927. The minimum atomic E-state index is -4.18. The maximum Gasteiger partial charge on any atom is 0.390 e. The van der Waals surface area contributed by atoms with E-state index >= 15 is 0 Å². The Bertz CT molecular complexity index is 460. The Morgan fingerprint density at radius 1 is 1.40 bits per heavy atom. The molecule has 20 heavy (non-hydrogen) atoms. The third kappa shape index (κ3) is 6.14. The Kier molecular flexibility index (Phi) is 6.13. The molecule has 0 spiro atoms. The van der Waals surface area contributed by atoms with Gasteiger partial charge in [-0.05, 0) is 24.6 Å². The molecule has 0 saturated carbocycles. The molecule has 2 N–H and O–H groups in total. The van der Waals surface area contributed by atoms with Crippen molar-refractivity contribution >= 4 is 17.6 Å². The molecule has 0 heterocycles. The van der Waals surface area contributed by atoms with Crippen molar-refractivity contribution in [2.45, 2.75) is 25.6 Å². The van der Waals surface area contributed by atoms with E-state index in [4.69, 9.17) is 11.6 Å². The average Bonchev–Trinajstić information content (AvgIpc) is 2.36. The quantitative estimate of drug-likeness (QED) is 0.659. The van der Waals surface area contributed by atoms with Crippen LogP contribution in [0.4, 0.5) is 13.2 Å². The first-order valence-corrected chi connectivity index (χ1v) is 6.49. The molecule has 0 aliphatic rings. The van der Waals surface area contributed by atoms with Crippen LogP contribution in [0, 0.1) is 0 Å². The van der Waals surface area contributed by atoms with Crippen molar-refractivity contribution < 1.29 is 13.2 Å². The number of halogens is 4. The standard InChI is InChI=1S/C13H17ClF3N3/c1-9(10-4-3-5-11(14)8-10)20-12(18-2)19-7-6-13(15,16)17/h3-5,8-9H,6-7H2,1-2H3,(H2,18,19,20). The Morgan fingerprint density at radius 3 is 2.65 bits per heavy atom. The summed E-state index contributed by atoms with van der Waals surface area (Å²) < 4.78 is 36.2.